The van der Waals surface area contributed by atoms with Gasteiger partial charge in [0.15, 0.2) is 0 Å². The van der Waals surface area contributed by atoms with Crippen LogP contribution in [0, 0.1) is 5.92 Å². The number of nitrogens with two attached hydrogens (primary N) is 1. The summed E-state index contributed by atoms with van der Waals surface area (Å²) < 4.78 is 10.9. The van der Waals surface area contributed by atoms with Crippen molar-refractivity contribution in [2.75, 3.05) is 26.4 Å². The summed E-state index contributed by atoms with van der Waals surface area (Å²) in [4.78, 5) is 0. The van der Waals surface area contributed by atoms with E-state index in [0.29, 0.717) is 25.7 Å². The Labute approximate surface area is 88.0 Å². The van der Waals surface area contributed by atoms with Crippen molar-refractivity contribution >= 4 is 0 Å². The summed E-state index contributed by atoms with van der Waals surface area (Å²) >= 11 is 0. The lowest BCUT2D eigenvalue weighted by atomic mass is 10.1. The van der Waals surface area contributed by atoms with Gasteiger partial charge in [0.1, 0.15) is 0 Å². The summed E-state index contributed by atoms with van der Waals surface area (Å²) in [6.45, 7) is 9.06. The van der Waals surface area contributed by atoms with E-state index in [0.717, 1.165) is 6.61 Å². The van der Waals surface area contributed by atoms with Gasteiger partial charge < -0.3 is 15.2 Å². The number of rotatable bonds is 9. The average Bonchev–Trinajstić information content (AvgIpc) is 2.17. The second-order valence-corrected chi connectivity index (χ2v) is 3.74. The Morgan fingerprint density at radius 2 is 1.93 bits per heavy atom. The standard InChI is InChI=1S/C11H25NO2/c1-4-6-10(3)8-13-9-11(7-12)14-5-2/h10-11H,4-9,12H2,1-3H3. The molecule has 0 bridgehead atoms. The van der Waals surface area contributed by atoms with Gasteiger partial charge in [0.05, 0.1) is 12.7 Å². The molecule has 0 saturated carbocycles. The van der Waals surface area contributed by atoms with Gasteiger partial charge >= 0.3 is 0 Å². The van der Waals surface area contributed by atoms with Crippen molar-refractivity contribution in [1.82, 2.24) is 0 Å². The van der Waals surface area contributed by atoms with Crippen molar-refractivity contribution in [2.45, 2.75) is 39.7 Å². The van der Waals surface area contributed by atoms with Crippen molar-refractivity contribution in [2.24, 2.45) is 11.7 Å². The number of hydrogen-bond acceptors (Lipinski definition) is 3. The average molecular weight is 203 g/mol. The molecule has 14 heavy (non-hydrogen) atoms. The largest absolute Gasteiger partial charge is 0.378 e. The SMILES string of the molecule is CCCC(C)COCC(CN)OCC. The third-order valence-electron chi connectivity index (χ3n) is 2.15. The lowest BCUT2D eigenvalue weighted by molar-refractivity contribution is -0.0149. The highest BCUT2D eigenvalue weighted by Gasteiger charge is 2.07. The molecule has 0 aliphatic heterocycles. The van der Waals surface area contributed by atoms with Gasteiger partial charge in [0.25, 0.3) is 0 Å². The minimum absolute atomic E-state index is 0.0637. The van der Waals surface area contributed by atoms with Gasteiger partial charge in [-0.25, -0.2) is 0 Å². The third-order valence-corrected chi connectivity index (χ3v) is 2.15. The van der Waals surface area contributed by atoms with Crippen molar-refractivity contribution < 1.29 is 9.47 Å². The van der Waals surface area contributed by atoms with E-state index >= 15 is 0 Å². The van der Waals surface area contributed by atoms with E-state index in [1.807, 2.05) is 6.92 Å². The van der Waals surface area contributed by atoms with E-state index < -0.39 is 0 Å². The molecule has 3 heteroatoms. The monoisotopic (exact) mass is 203 g/mol. The lowest BCUT2D eigenvalue weighted by Gasteiger charge is -2.16. The topological polar surface area (TPSA) is 44.5 Å². The fourth-order valence-corrected chi connectivity index (χ4v) is 1.40. The second-order valence-electron chi connectivity index (χ2n) is 3.74. The Morgan fingerprint density at radius 3 is 2.43 bits per heavy atom. The van der Waals surface area contributed by atoms with Crippen LogP contribution in [0.3, 0.4) is 0 Å². The first kappa shape index (κ1) is 13.9. The zero-order valence-electron chi connectivity index (χ0n) is 9.79. The molecule has 2 unspecified atom stereocenters. The predicted molar refractivity (Wildman–Crippen MR) is 59.4 cm³/mol. The molecule has 0 amide bonds. The summed E-state index contributed by atoms with van der Waals surface area (Å²) in [6.07, 6.45) is 2.51. The van der Waals surface area contributed by atoms with Crippen LogP contribution in [0.25, 0.3) is 0 Å². The van der Waals surface area contributed by atoms with E-state index in [-0.39, 0.29) is 6.10 Å². The van der Waals surface area contributed by atoms with E-state index in [1.165, 1.54) is 12.8 Å². The van der Waals surface area contributed by atoms with Gasteiger partial charge in [-0.15, -0.1) is 0 Å². The van der Waals surface area contributed by atoms with E-state index in [1.54, 1.807) is 0 Å². The van der Waals surface area contributed by atoms with Crippen molar-refractivity contribution in [3.63, 3.8) is 0 Å². The molecule has 0 fully saturated rings. The highest BCUT2D eigenvalue weighted by atomic mass is 16.5. The third kappa shape index (κ3) is 7.30. The molecule has 0 radical (unpaired) electrons. The zero-order chi connectivity index (χ0) is 10.8. The minimum Gasteiger partial charge on any atom is -0.378 e. The Balaban J connectivity index is 3.40. The Morgan fingerprint density at radius 1 is 1.21 bits per heavy atom. The van der Waals surface area contributed by atoms with Crippen LogP contribution < -0.4 is 5.73 Å². The predicted octanol–water partition coefficient (Wildman–Crippen LogP) is 1.80. The van der Waals surface area contributed by atoms with Crippen LogP contribution in [-0.2, 0) is 9.47 Å². The first-order chi connectivity index (χ1) is 6.74. The molecule has 0 aliphatic rings. The molecular formula is C11H25NO2. The van der Waals surface area contributed by atoms with Crippen molar-refractivity contribution in [3.8, 4) is 0 Å². The molecule has 2 atom stereocenters. The molecule has 0 aliphatic carbocycles. The molecule has 0 rings (SSSR count). The minimum atomic E-state index is 0.0637. The van der Waals surface area contributed by atoms with Crippen LogP contribution in [0.1, 0.15) is 33.6 Å². The molecule has 0 aromatic rings. The van der Waals surface area contributed by atoms with Crippen molar-refractivity contribution in [1.29, 1.82) is 0 Å². The van der Waals surface area contributed by atoms with Gasteiger partial charge in [-0.1, -0.05) is 20.3 Å². The summed E-state index contributed by atoms with van der Waals surface area (Å²) in [5.41, 5.74) is 5.53. The van der Waals surface area contributed by atoms with Gasteiger partial charge in [-0.3, -0.25) is 0 Å². The van der Waals surface area contributed by atoms with Gasteiger partial charge in [-0.2, -0.15) is 0 Å². The smallest absolute Gasteiger partial charge is 0.0930 e. The fourth-order valence-electron chi connectivity index (χ4n) is 1.40. The van der Waals surface area contributed by atoms with Gasteiger partial charge in [0.2, 0.25) is 0 Å². The summed E-state index contributed by atoms with van der Waals surface area (Å²) in [5, 5.41) is 0. The van der Waals surface area contributed by atoms with E-state index in [9.17, 15) is 0 Å². The molecule has 0 saturated heterocycles. The highest BCUT2D eigenvalue weighted by Crippen LogP contribution is 2.05. The van der Waals surface area contributed by atoms with Crippen LogP contribution in [0.15, 0.2) is 0 Å². The molecule has 0 spiro atoms. The Bertz CT molecular complexity index is 120. The highest BCUT2D eigenvalue weighted by molar-refractivity contribution is 4.57. The molecule has 0 heterocycles. The van der Waals surface area contributed by atoms with E-state index in [4.69, 9.17) is 15.2 Å². The zero-order valence-corrected chi connectivity index (χ0v) is 9.79. The van der Waals surface area contributed by atoms with Crippen LogP contribution in [0.5, 0.6) is 0 Å². The van der Waals surface area contributed by atoms with Crippen LogP contribution in [0.2, 0.25) is 0 Å². The number of ether oxygens (including phenoxy) is 2. The van der Waals surface area contributed by atoms with Gasteiger partial charge in [-0.05, 0) is 19.3 Å². The summed E-state index contributed by atoms with van der Waals surface area (Å²) in [5.74, 6) is 0.639. The second kappa shape index (κ2) is 9.44. The summed E-state index contributed by atoms with van der Waals surface area (Å²) in [7, 11) is 0. The molecular weight excluding hydrogens is 178 g/mol. The maximum absolute atomic E-state index is 5.55. The van der Waals surface area contributed by atoms with E-state index in [2.05, 4.69) is 13.8 Å². The quantitative estimate of drug-likeness (QED) is 0.621. The Kier molecular flexibility index (Phi) is 9.35. The van der Waals surface area contributed by atoms with Crippen LogP contribution in [-0.4, -0.2) is 32.5 Å². The lowest BCUT2D eigenvalue weighted by Crippen LogP contribution is -2.29. The molecule has 2 N–H and O–H groups in total. The Hall–Kier alpha value is -0.120. The molecule has 86 valence electrons. The molecule has 0 aromatic carbocycles. The fraction of sp³-hybridized carbons (Fsp3) is 1.00. The maximum Gasteiger partial charge on any atom is 0.0930 e. The molecule has 0 aromatic heterocycles. The molecule has 3 nitrogen and oxygen atoms in total. The normalized spacial score (nSPS) is 15.4. The van der Waals surface area contributed by atoms with Crippen molar-refractivity contribution in [3.05, 3.63) is 0 Å². The van der Waals surface area contributed by atoms with Crippen LogP contribution in [0.4, 0.5) is 0 Å². The summed E-state index contributed by atoms with van der Waals surface area (Å²) in [6, 6.07) is 0. The van der Waals surface area contributed by atoms with Gasteiger partial charge in [0, 0.05) is 19.8 Å². The first-order valence-corrected chi connectivity index (χ1v) is 5.63. The first-order valence-electron chi connectivity index (χ1n) is 5.63. The number of hydrogen-bond donors (Lipinski definition) is 1. The maximum atomic E-state index is 5.55. The van der Waals surface area contributed by atoms with Crippen LogP contribution >= 0.6 is 0 Å².